The summed E-state index contributed by atoms with van der Waals surface area (Å²) in [6.07, 6.45) is 7.33. The van der Waals surface area contributed by atoms with E-state index in [1.165, 1.54) is 47.8 Å². The molecule has 0 saturated carbocycles. The van der Waals surface area contributed by atoms with Crippen molar-refractivity contribution in [1.29, 1.82) is 0 Å². The lowest BCUT2D eigenvalue weighted by Gasteiger charge is -2.10. The van der Waals surface area contributed by atoms with Crippen molar-refractivity contribution in [3.63, 3.8) is 0 Å². The number of aromatic amines is 1. The van der Waals surface area contributed by atoms with E-state index in [4.69, 9.17) is 5.73 Å². The summed E-state index contributed by atoms with van der Waals surface area (Å²) in [4.78, 5) is 3.57. The number of nitrogens with two attached hydrogens (primary N) is 1. The highest BCUT2D eigenvalue weighted by Crippen LogP contribution is 2.29. The highest BCUT2D eigenvalue weighted by atomic mass is 14.7. The van der Waals surface area contributed by atoms with Gasteiger partial charge >= 0.3 is 0 Å². The van der Waals surface area contributed by atoms with Crippen molar-refractivity contribution >= 4 is 10.9 Å². The highest BCUT2D eigenvalue weighted by molar-refractivity contribution is 5.85. The largest absolute Gasteiger partial charge is 0.358 e. The van der Waals surface area contributed by atoms with Crippen LogP contribution in [0.1, 0.15) is 36.1 Å². The van der Waals surface area contributed by atoms with E-state index >= 15 is 0 Å². The molecule has 0 unspecified atom stereocenters. The van der Waals surface area contributed by atoms with Crippen LogP contribution in [-0.4, -0.2) is 11.5 Å². The van der Waals surface area contributed by atoms with Crippen LogP contribution in [0.5, 0.6) is 0 Å². The fraction of sp³-hybridized carbons (Fsp3) is 0.467. The molecule has 0 amide bonds. The molecular formula is C15H20N2. The smallest absolute Gasteiger partial charge is 0.0459 e. The molecule has 1 heterocycles. The molecule has 2 aromatic rings. The molecule has 0 atom stereocenters. The van der Waals surface area contributed by atoms with Crippen LogP contribution < -0.4 is 5.73 Å². The summed E-state index contributed by atoms with van der Waals surface area (Å²) in [5.41, 5.74) is 11.4. The van der Waals surface area contributed by atoms with Crippen molar-refractivity contribution in [2.45, 2.75) is 38.5 Å². The Bertz CT molecular complexity index is 525. The minimum atomic E-state index is 0.781. The maximum atomic E-state index is 5.57. The van der Waals surface area contributed by atoms with E-state index in [9.17, 15) is 0 Å². The van der Waals surface area contributed by atoms with E-state index < -0.39 is 0 Å². The van der Waals surface area contributed by atoms with Gasteiger partial charge in [-0.3, -0.25) is 0 Å². The van der Waals surface area contributed by atoms with Gasteiger partial charge in [0.2, 0.25) is 0 Å². The first-order valence-corrected chi connectivity index (χ1v) is 6.71. The van der Waals surface area contributed by atoms with E-state index in [2.05, 4.69) is 23.2 Å². The van der Waals surface area contributed by atoms with Gasteiger partial charge in [-0.15, -0.1) is 0 Å². The maximum absolute atomic E-state index is 5.57. The molecule has 0 spiro atoms. The molecule has 0 bridgehead atoms. The van der Waals surface area contributed by atoms with Crippen LogP contribution in [0.3, 0.4) is 0 Å². The summed E-state index contributed by atoms with van der Waals surface area (Å²) < 4.78 is 0. The molecule has 1 aliphatic rings. The number of fused-ring (bicyclic) bond motifs is 3. The third kappa shape index (κ3) is 1.98. The number of hydrogen-bond donors (Lipinski definition) is 2. The normalized spacial score (nSPS) is 15.1. The number of benzene rings is 1. The minimum Gasteiger partial charge on any atom is -0.358 e. The standard InChI is InChI=1S/C15H20N2/c16-9-3-4-11-7-8-15-13(10-11)12-5-1-2-6-14(12)17-15/h7-8,10,17H,1-6,9,16H2. The zero-order valence-corrected chi connectivity index (χ0v) is 10.3. The number of rotatable bonds is 3. The van der Waals surface area contributed by atoms with Crippen LogP contribution in [-0.2, 0) is 19.3 Å². The number of hydrogen-bond acceptors (Lipinski definition) is 1. The fourth-order valence-corrected chi connectivity index (χ4v) is 2.91. The van der Waals surface area contributed by atoms with Gasteiger partial charge in [0.25, 0.3) is 0 Å². The lowest BCUT2D eigenvalue weighted by atomic mass is 9.95. The molecule has 0 radical (unpaired) electrons. The van der Waals surface area contributed by atoms with E-state index in [0.717, 1.165) is 19.4 Å². The van der Waals surface area contributed by atoms with Gasteiger partial charge in [0, 0.05) is 16.6 Å². The van der Waals surface area contributed by atoms with Crippen LogP contribution >= 0.6 is 0 Å². The summed E-state index contributed by atoms with van der Waals surface area (Å²) in [5, 5.41) is 1.45. The first kappa shape index (κ1) is 10.8. The molecule has 1 aliphatic carbocycles. The van der Waals surface area contributed by atoms with Crippen molar-refractivity contribution in [2.75, 3.05) is 6.54 Å². The van der Waals surface area contributed by atoms with Gasteiger partial charge in [-0.05, 0) is 68.3 Å². The van der Waals surface area contributed by atoms with Crippen LogP contribution in [0.4, 0.5) is 0 Å². The topological polar surface area (TPSA) is 41.8 Å². The van der Waals surface area contributed by atoms with E-state index in [1.54, 1.807) is 5.56 Å². The second-order valence-electron chi connectivity index (χ2n) is 5.06. The summed E-state index contributed by atoms with van der Waals surface area (Å²) in [5.74, 6) is 0. The molecule has 17 heavy (non-hydrogen) atoms. The second kappa shape index (κ2) is 4.53. The number of aryl methyl sites for hydroxylation is 3. The van der Waals surface area contributed by atoms with Crippen LogP contribution in [0.2, 0.25) is 0 Å². The molecule has 3 rings (SSSR count). The summed E-state index contributed by atoms with van der Waals surface area (Å²) in [6.45, 7) is 0.781. The average Bonchev–Trinajstić information content (AvgIpc) is 2.74. The molecule has 90 valence electrons. The van der Waals surface area contributed by atoms with Crippen LogP contribution in [0.25, 0.3) is 10.9 Å². The van der Waals surface area contributed by atoms with Crippen molar-refractivity contribution in [3.05, 3.63) is 35.0 Å². The molecule has 2 heteroatoms. The average molecular weight is 228 g/mol. The molecular weight excluding hydrogens is 208 g/mol. The Kier molecular flexibility index (Phi) is 2.89. The van der Waals surface area contributed by atoms with Gasteiger partial charge in [-0.25, -0.2) is 0 Å². The van der Waals surface area contributed by atoms with Gasteiger partial charge < -0.3 is 10.7 Å². The summed E-state index contributed by atoms with van der Waals surface area (Å²) in [6, 6.07) is 6.84. The van der Waals surface area contributed by atoms with Crippen molar-refractivity contribution < 1.29 is 0 Å². The van der Waals surface area contributed by atoms with Crippen molar-refractivity contribution in [1.82, 2.24) is 4.98 Å². The minimum absolute atomic E-state index is 0.781. The lowest BCUT2D eigenvalue weighted by molar-refractivity contribution is 0.680. The Labute approximate surface area is 102 Å². The Morgan fingerprint density at radius 3 is 2.94 bits per heavy atom. The SMILES string of the molecule is NCCCc1ccc2[nH]c3c(c2c1)CCCC3. The molecule has 2 nitrogen and oxygen atoms in total. The number of nitrogens with one attached hydrogen (secondary N) is 1. The molecule has 1 aromatic heterocycles. The van der Waals surface area contributed by atoms with E-state index in [1.807, 2.05) is 0 Å². The second-order valence-corrected chi connectivity index (χ2v) is 5.06. The van der Waals surface area contributed by atoms with Gasteiger partial charge in [0.15, 0.2) is 0 Å². The van der Waals surface area contributed by atoms with Gasteiger partial charge in [-0.1, -0.05) is 6.07 Å². The van der Waals surface area contributed by atoms with Gasteiger partial charge in [0.1, 0.15) is 0 Å². The molecule has 1 aromatic carbocycles. The highest BCUT2D eigenvalue weighted by Gasteiger charge is 2.15. The van der Waals surface area contributed by atoms with E-state index in [-0.39, 0.29) is 0 Å². The maximum Gasteiger partial charge on any atom is 0.0459 e. The van der Waals surface area contributed by atoms with Crippen LogP contribution in [0.15, 0.2) is 18.2 Å². The lowest BCUT2D eigenvalue weighted by Crippen LogP contribution is -2.01. The first-order chi connectivity index (χ1) is 8.38. The third-order valence-corrected chi connectivity index (χ3v) is 3.83. The third-order valence-electron chi connectivity index (χ3n) is 3.83. The van der Waals surface area contributed by atoms with Crippen LogP contribution in [0, 0.1) is 0 Å². The predicted octanol–water partition coefficient (Wildman–Crippen LogP) is 2.94. The van der Waals surface area contributed by atoms with E-state index in [0.29, 0.717) is 0 Å². The Morgan fingerprint density at radius 2 is 2.06 bits per heavy atom. The fourth-order valence-electron chi connectivity index (χ4n) is 2.91. The predicted molar refractivity (Wildman–Crippen MR) is 72.3 cm³/mol. The summed E-state index contributed by atoms with van der Waals surface area (Å²) in [7, 11) is 0. The van der Waals surface area contributed by atoms with Crippen molar-refractivity contribution in [2.24, 2.45) is 5.73 Å². The Morgan fingerprint density at radius 1 is 1.18 bits per heavy atom. The van der Waals surface area contributed by atoms with Gasteiger partial charge in [0.05, 0.1) is 0 Å². The Hall–Kier alpha value is -1.28. The summed E-state index contributed by atoms with van der Waals surface area (Å²) >= 11 is 0. The molecule has 0 aliphatic heterocycles. The first-order valence-electron chi connectivity index (χ1n) is 6.71. The quantitative estimate of drug-likeness (QED) is 0.833. The number of H-pyrrole nitrogens is 1. The zero-order valence-electron chi connectivity index (χ0n) is 10.3. The number of aromatic nitrogens is 1. The molecule has 0 fully saturated rings. The molecule has 0 saturated heterocycles. The monoisotopic (exact) mass is 228 g/mol. The van der Waals surface area contributed by atoms with Crippen molar-refractivity contribution in [3.8, 4) is 0 Å². The van der Waals surface area contributed by atoms with Gasteiger partial charge in [-0.2, -0.15) is 0 Å². The molecule has 3 N–H and O–H groups in total. The Balaban J connectivity index is 2.02. The zero-order chi connectivity index (χ0) is 11.7.